The van der Waals surface area contributed by atoms with Crippen LogP contribution in [-0.2, 0) is 9.53 Å². The van der Waals surface area contributed by atoms with Crippen LogP contribution < -0.4 is 5.32 Å². The van der Waals surface area contributed by atoms with Crippen LogP contribution in [0.2, 0.25) is 10.0 Å². The monoisotopic (exact) mass is 413 g/mol. The molecule has 4 nitrogen and oxygen atoms in total. The van der Waals surface area contributed by atoms with Gasteiger partial charge in [0.1, 0.15) is 0 Å². The van der Waals surface area contributed by atoms with Crippen molar-refractivity contribution in [3.63, 3.8) is 0 Å². The lowest BCUT2D eigenvalue weighted by atomic mass is 10.1. The summed E-state index contributed by atoms with van der Waals surface area (Å²) >= 11 is 12.0. The summed E-state index contributed by atoms with van der Waals surface area (Å²) in [6, 6.07) is 20.5. The molecule has 3 aromatic rings. The lowest BCUT2D eigenvalue weighted by Gasteiger charge is -2.19. The van der Waals surface area contributed by atoms with Gasteiger partial charge in [0.15, 0.2) is 0 Å². The zero-order valence-corrected chi connectivity index (χ0v) is 16.5. The number of halogens is 2. The second-order valence-corrected chi connectivity index (χ2v) is 7.03. The van der Waals surface area contributed by atoms with Crippen molar-refractivity contribution < 1.29 is 14.3 Å². The van der Waals surface area contributed by atoms with E-state index in [9.17, 15) is 9.59 Å². The van der Waals surface area contributed by atoms with E-state index in [-0.39, 0.29) is 0 Å². The molecular formula is C22H17Cl2NO3. The number of ether oxygens (including phenoxy) is 1. The smallest absolute Gasteiger partial charge is 0.339 e. The summed E-state index contributed by atoms with van der Waals surface area (Å²) in [4.78, 5) is 25.6. The Labute approximate surface area is 173 Å². The molecule has 3 aromatic carbocycles. The van der Waals surface area contributed by atoms with E-state index in [1.165, 1.54) is 0 Å². The summed E-state index contributed by atoms with van der Waals surface area (Å²) in [6.45, 7) is 1.81. The molecule has 142 valence electrons. The Kier molecular flexibility index (Phi) is 6.34. The number of nitrogens with one attached hydrogen (secondary N) is 1. The molecule has 0 aliphatic rings. The summed E-state index contributed by atoms with van der Waals surface area (Å²) in [5.41, 5.74) is 2.13. The van der Waals surface area contributed by atoms with Crippen molar-refractivity contribution in [1.29, 1.82) is 0 Å². The Morgan fingerprint density at radius 3 is 2.14 bits per heavy atom. The minimum absolute atomic E-state index is 0.385. The highest BCUT2D eigenvalue weighted by atomic mass is 35.5. The quantitative estimate of drug-likeness (QED) is 0.534. The molecule has 0 heterocycles. The standard InChI is InChI=1S/C22H17Cl2NO3/c1-14-7-5-6-10-19(14)22(27)28-20(15-8-3-2-4-9-15)21(26)25-18-12-16(23)11-17(24)13-18/h2-13,20H,1H3,(H,25,26)/t20-/m0/s1. The first-order chi connectivity index (χ1) is 13.4. The molecule has 1 atom stereocenters. The van der Waals surface area contributed by atoms with Gasteiger partial charge in [-0.15, -0.1) is 0 Å². The molecule has 0 spiro atoms. The number of aryl methyl sites for hydroxylation is 1. The second-order valence-electron chi connectivity index (χ2n) is 6.16. The van der Waals surface area contributed by atoms with Gasteiger partial charge in [-0.25, -0.2) is 4.79 Å². The highest BCUT2D eigenvalue weighted by Gasteiger charge is 2.26. The van der Waals surface area contributed by atoms with E-state index in [4.69, 9.17) is 27.9 Å². The van der Waals surface area contributed by atoms with E-state index in [2.05, 4.69) is 5.32 Å². The molecule has 0 aliphatic heterocycles. The van der Waals surface area contributed by atoms with Gasteiger partial charge in [0.05, 0.1) is 5.56 Å². The van der Waals surface area contributed by atoms with Crippen molar-refractivity contribution in [3.8, 4) is 0 Å². The number of carbonyl (C=O) groups is 2. The molecule has 0 fully saturated rings. The fraction of sp³-hybridized carbons (Fsp3) is 0.0909. The topological polar surface area (TPSA) is 55.4 Å². The molecule has 0 aliphatic carbocycles. The fourth-order valence-electron chi connectivity index (χ4n) is 2.71. The highest BCUT2D eigenvalue weighted by Crippen LogP contribution is 2.26. The first kappa shape index (κ1) is 19.9. The van der Waals surface area contributed by atoms with Crippen molar-refractivity contribution in [2.75, 3.05) is 5.32 Å². The highest BCUT2D eigenvalue weighted by molar-refractivity contribution is 6.35. The lowest BCUT2D eigenvalue weighted by molar-refractivity contribution is -0.125. The van der Waals surface area contributed by atoms with Crippen molar-refractivity contribution in [3.05, 3.63) is 99.5 Å². The Morgan fingerprint density at radius 1 is 0.893 bits per heavy atom. The second kappa shape index (κ2) is 8.91. The van der Waals surface area contributed by atoms with Crippen LogP contribution in [0, 0.1) is 6.92 Å². The van der Waals surface area contributed by atoms with E-state index in [0.717, 1.165) is 5.56 Å². The molecule has 3 rings (SSSR count). The Hall–Kier alpha value is -2.82. The minimum atomic E-state index is -1.13. The molecule has 0 bridgehead atoms. The van der Waals surface area contributed by atoms with Crippen molar-refractivity contribution in [2.24, 2.45) is 0 Å². The lowest BCUT2D eigenvalue weighted by Crippen LogP contribution is -2.26. The number of hydrogen-bond donors (Lipinski definition) is 1. The van der Waals surface area contributed by atoms with Crippen molar-refractivity contribution >= 4 is 40.8 Å². The van der Waals surface area contributed by atoms with E-state index in [0.29, 0.717) is 26.9 Å². The first-order valence-electron chi connectivity index (χ1n) is 8.52. The van der Waals surface area contributed by atoms with Gasteiger partial charge in [0.2, 0.25) is 6.10 Å². The maximum Gasteiger partial charge on any atom is 0.339 e. The van der Waals surface area contributed by atoms with Crippen LogP contribution in [0.1, 0.15) is 27.6 Å². The minimum Gasteiger partial charge on any atom is -0.444 e. The van der Waals surface area contributed by atoms with Gasteiger partial charge in [-0.2, -0.15) is 0 Å². The molecule has 28 heavy (non-hydrogen) atoms. The third kappa shape index (κ3) is 4.91. The summed E-state index contributed by atoms with van der Waals surface area (Å²) in [6.07, 6.45) is -1.13. The zero-order valence-electron chi connectivity index (χ0n) is 15.0. The Balaban J connectivity index is 1.88. The number of carbonyl (C=O) groups excluding carboxylic acids is 2. The summed E-state index contributed by atoms with van der Waals surface area (Å²) in [5, 5.41) is 3.48. The Morgan fingerprint density at radius 2 is 1.50 bits per heavy atom. The molecule has 6 heteroatoms. The van der Waals surface area contributed by atoms with Crippen LogP contribution in [-0.4, -0.2) is 11.9 Å². The molecule has 0 aromatic heterocycles. The third-order valence-electron chi connectivity index (χ3n) is 4.06. The van der Waals surface area contributed by atoms with Crippen LogP contribution in [0.15, 0.2) is 72.8 Å². The fourth-order valence-corrected chi connectivity index (χ4v) is 3.23. The van der Waals surface area contributed by atoms with Gasteiger partial charge in [-0.05, 0) is 36.8 Å². The van der Waals surface area contributed by atoms with Crippen LogP contribution in [0.3, 0.4) is 0 Å². The van der Waals surface area contributed by atoms with Gasteiger partial charge in [0, 0.05) is 21.3 Å². The number of anilines is 1. The maximum atomic E-state index is 12.9. The molecule has 0 saturated carbocycles. The zero-order chi connectivity index (χ0) is 20.1. The average molecular weight is 414 g/mol. The SMILES string of the molecule is Cc1ccccc1C(=O)O[C@H](C(=O)Nc1cc(Cl)cc(Cl)c1)c1ccccc1. The van der Waals surface area contributed by atoms with Crippen LogP contribution >= 0.6 is 23.2 Å². The average Bonchev–Trinajstić information content (AvgIpc) is 2.66. The number of rotatable bonds is 5. The largest absolute Gasteiger partial charge is 0.444 e. The molecular weight excluding hydrogens is 397 g/mol. The van der Waals surface area contributed by atoms with E-state index < -0.39 is 18.0 Å². The van der Waals surface area contributed by atoms with Crippen LogP contribution in [0.25, 0.3) is 0 Å². The molecule has 1 N–H and O–H groups in total. The summed E-state index contributed by atoms with van der Waals surface area (Å²) < 4.78 is 5.58. The number of benzene rings is 3. The van der Waals surface area contributed by atoms with E-state index in [1.807, 2.05) is 25.1 Å². The summed E-state index contributed by atoms with van der Waals surface area (Å²) in [5.74, 6) is -1.09. The van der Waals surface area contributed by atoms with Crippen LogP contribution in [0.5, 0.6) is 0 Å². The predicted molar refractivity (Wildman–Crippen MR) is 111 cm³/mol. The first-order valence-corrected chi connectivity index (χ1v) is 9.28. The van der Waals surface area contributed by atoms with Crippen molar-refractivity contribution in [2.45, 2.75) is 13.0 Å². The summed E-state index contributed by atoms with van der Waals surface area (Å²) in [7, 11) is 0. The van der Waals surface area contributed by atoms with Gasteiger partial charge < -0.3 is 10.1 Å². The molecule has 1 amide bonds. The third-order valence-corrected chi connectivity index (χ3v) is 4.50. The Bertz CT molecular complexity index is 985. The molecule has 0 unspecified atom stereocenters. The van der Waals surface area contributed by atoms with Crippen LogP contribution in [0.4, 0.5) is 5.69 Å². The molecule has 0 radical (unpaired) electrons. The number of amides is 1. The number of esters is 1. The molecule has 0 saturated heterocycles. The van der Waals surface area contributed by atoms with Gasteiger partial charge in [0.25, 0.3) is 5.91 Å². The number of hydrogen-bond acceptors (Lipinski definition) is 3. The van der Waals surface area contributed by atoms with Gasteiger partial charge >= 0.3 is 5.97 Å². The maximum absolute atomic E-state index is 12.9. The van der Waals surface area contributed by atoms with E-state index >= 15 is 0 Å². The van der Waals surface area contributed by atoms with Crippen molar-refractivity contribution in [1.82, 2.24) is 0 Å². The van der Waals surface area contributed by atoms with E-state index in [1.54, 1.807) is 54.6 Å². The normalized spacial score (nSPS) is 11.5. The predicted octanol–water partition coefficient (Wildman–Crippen LogP) is 5.84. The van der Waals surface area contributed by atoms with Gasteiger partial charge in [-0.1, -0.05) is 71.7 Å². The van der Waals surface area contributed by atoms with Gasteiger partial charge in [-0.3, -0.25) is 4.79 Å².